The molecule has 0 saturated carbocycles. The van der Waals surface area contributed by atoms with Gasteiger partial charge in [0.15, 0.2) is 21.6 Å². The van der Waals surface area contributed by atoms with Gasteiger partial charge < -0.3 is 41.5 Å². The number of methoxy groups -OCH3 is 2. The molecule has 0 saturated heterocycles. The Morgan fingerprint density at radius 1 is 0.753 bits per heavy atom. The average molecular weight is 1310 g/mol. The Hall–Kier alpha value is -5.73. The summed E-state index contributed by atoms with van der Waals surface area (Å²) in [5.74, 6) is 4.50. The molecule has 6 aromatic heterocycles. The van der Waals surface area contributed by atoms with Crippen molar-refractivity contribution in [1.29, 1.82) is 5.26 Å². The predicted molar refractivity (Wildman–Crippen MR) is 325 cm³/mol. The monoisotopic (exact) mass is 1310 g/mol. The third-order valence-corrected chi connectivity index (χ3v) is 14.1. The topological polar surface area (TPSA) is 300 Å². The molecule has 0 spiro atoms. The molecule has 0 atom stereocenters. The fraction of sp³-hybridized carbons (Fsp3) is 0.125. The van der Waals surface area contributed by atoms with Crippen molar-refractivity contribution in [2.45, 2.75) is 23.7 Å². The van der Waals surface area contributed by atoms with Crippen LogP contribution in [0.15, 0.2) is 171 Å². The maximum Gasteiger partial charge on any atom is 1.00 e. The van der Waals surface area contributed by atoms with Gasteiger partial charge >= 0.3 is 109 Å². The average Bonchev–Trinajstić information content (AvgIpc) is 4.56. The number of alkyl halides is 2. The molecule has 11 aromatic rings. The molecule has 29 heteroatoms. The van der Waals surface area contributed by atoms with E-state index in [0.29, 0.717) is 67.0 Å². The van der Waals surface area contributed by atoms with Crippen LogP contribution in [-0.2, 0) is 26.1 Å². The number of ether oxygens (including phenoxy) is 3. The van der Waals surface area contributed by atoms with Crippen molar-refractivity contribution in [2.24, 2.45) is 0 Å². The number of nitrogens with two attached hydrogens (primary N) is 1. The Bertz CT molecular complexity index is 4100. The van der Waals surface area contributed by atoms with Crippen LogP contribution >= 0.6 is 69.9 Å². The molecule has 428 valence electrons. The van der Waals surface area contributed by atoms with E-state index in [1.54, 1.807) is 98.4 Å². The van der Waals surface area contributed by atoms with Crippen LogP contribution in [0.5, 0.6) is 11.5 Å². The molecule has 11 rings (SSSR count). The van der Waals surface area contributed by atoms with Gasteiger partial charge in [-0.1, -0.05) is 84.6 Å². The van der Waals surface area contributed by atoms with E-state index in [-0.39, 0.29) is 140 Å². The Balaban J connectivity index is 0.000000303. The number of para-hydroxylation sites is 7. The van der Waals surface area contributed by atoms with Gasteiger partial charge in [0.05, 0.1) is 87.0 Å². The fourth-order valence-corrected chi connectivity index (χ4v) is 9.87. The molecule has 0 fully saturated rings. The number of hydrogen-bond acceptors (Lipinski definition) is 20. The summed E-state index contributed by atoms with van der Waals surface area (Å²) in [6, 6.07) is 46.5. The second-order valence-electron chi connectivity index (χ2n) is 15.9. The number of rotatable bonds is 13. The van der Waals surface area contributed by atoms with E-state index in [0.717, 1.165) is 44.3 Å². The van der Waals surface area contributed by atoms with Gasteiger partial charge in [0.1, 0.15) is 29.0 Å². The van der Waals surface area contributed by atoms with Crippen LogP contribution in [-0.4, -0.2) is 88.6 Å². The molecule has 0 bridgehead atoms. The van der Waals surface area contributed by atoms with Crippen molar-refractivity contribution < 1.29 is 138 Å². The Kier molecular flexibility index (Phi) is 32.4. The van der Waals surface area contributed by atoms with Crippen LogP contribution in [0.3, 0.4) is 0 Å². The number of carbonyl (C=O) groups is 2. The second-order valence-corrected chi connectivity index (χ2v) is 19.7. The number of halogens is 2. The largest absolute Gasteiger partial charge is 1.00 e. The van der Waals surface area contributed by atoms with Crippen molar-refractivity contribution in [3.8, 4) is 50.3 Å². The first-order chi connectivity index (χ1) is 40.4. The van der Waals surface area contributed by atoms with E-state index in [2.05, 4.69) is 45.2 Å². The van der Waals surface area contributed by atoms with Crippen LogP contribution in [0.2, 0.25) is 0 Å². The zero-order valence-electron chi connectivity index (χ0n) is 47.1. The van der Waals surface area contributed by atoms with Crippen LogP contribution in [0.4, 0.5) is 5.69 Å². The quantitative estimate of drug-likeness (QED) is 0.0141. The zero-order valence-corrected chi connectivity index (χ0v) is 57.2. The molecule has 6 heterocycles. The summed E-state index contributed by atoms with van der Waals surface area (Å²) < 4.78 is 20.2. The minimum atomic E-state index is -0.365. The zero-order chi connectivity index (χ0) is 59.5. The molecule has 5 aromatic carbocycles. The van der Waals surface area contributed by atoms with Gasteiger partial charge in [-0.2, -0.15) is 10.4 Å². The Morgan fingerprint density at radius 3 is 1.75 bits per heavy atom. The maximum atomic E-state index is 12.4. The molecule has 0 aliphatic rings. The maximum absolute atomic E-state index is 12.4. The number of fused-ring (bicyclic) bond motifs is 2. The van der Waals surface area contributed by atoms with Crippen molar-refractivity contribution >= 4 is 110 Å². The number of anilines is 1. The number of H-pyrrole nitrogens is 3. The van der Waals surface area contributed by atoms with Gasteiger partial charge in [-0.05, 0) is 103 Å². The summed E-state index contributed by atoms with van der Waals surface area (Å²) in [6.45, 7) is 1.95. The Morgan fingerprint density at radius 2 is 1.25 bits per heavy atom. The number of thioether (sulfide) groups is 1. The second kappa shape index (κ2) is 38.4. The van der Waals surface area contributed by atoms with Crippen LogP contribution in [0.25, 0.3) is 54.6 Å². The number of nitrogen functional groups attached to an aromatic ring is 1. The van der Waals surface area contributed by atoms with Gasteiger partial charge in [0, 0.05) is 5.69 Å². The summed E-state index contributed by atoms with van der Waals surface area (Å²) in [5, 5.41) is 37.8. The minimum Gasteiger partial charge on any atom is -1.00 e. The third kappa shape index (κ3) is 20.4. The van der Waals surface area contributed by atoms with Crippen molar-refractivity contribution in [3.05, 3.63) is 199 Å². The summed E-state index contributed by atoms with van der Waals surface area (Å²) >= 11 is 20.4. The first-order valence-corrected chi connectivity index (χ1v) is 28.5. The van der Waals surface area contributed by atoms with E-state index in [1.807, 2.05) is 117 Å². The standard InChI is InChI=1S/C22H17N5O2S2.C13H11N3OS2.C9H7ClN2O.C9H11NO2.C2H2ClN.CH2O3.2K.H/c1-29-17-10-5-4-9-16(17)27-20(18-11-6-12-30-18)25-26-22(27)31-13-19-23-15-8-3-2-7-14(15)21(28)24-19;1-17-10-6-3-2-5-9(10)16-12(14-15-13(16)18)11-7-4-8-19-11;10-5-8-11-7-4-2-1-3-6(7)9(13)12-8;1-2-12-9(11)7-5-3-4-6-8(7)10;3-1-2-4;2-1-4-3;;;/h2-12H,13H2,1H3,(H,23,24,28);2-8H,1H3,(H,15,18);1-4H,5H2,(H,11,12,13);3-6H,2,10H2,1H3;1H2;1,3H;;;/q;;;;;;2*+1;-1/p-1. The number of nitriles is 1. The number of nitrogens with one attached hydrogen (secondary N) is 3. The predicted octanol–water partition coefficient (Wildman–Crippen LogP) is 4.61. The summed E-state index contributed by atoms with van der Waals surface area (Å²) in [4.78, 5) is 62.5. The SMILES string of the molecule is CCOC(=O)c1ccccc1N.COc1ccccc1-n1c(-c2cccs2)n[nH]c1=S.COc1ccccc1-n1c(SCc2nc3ccccc3c(=O)[nH]2)nnc1-c1cccs1.N#CCCl.O=CO[O-].O=c1[nH]c(CCl)nc2ccccc12.[H-].[K+].[K+]. The van der Waals surface area contributed by atoms with Crippen LogP contribution < -0.4 is 134 Å². The van der Waals surface area contributed by atoms with E-state index in [4.69, 9.17) is 70.7 Å². The smallest absolute Gasteiger partial charge is 1.00 e. The van der Waals surface area contributed by atoms with Crippen LogP contribution in [0.1, 0.15) is 30.4 Å². The van der Waals surface area contributed by atoms with Gasteiger partial charge in [-0.25, -0.2) is 14.8 Å². The molecule has 5 N–H and O–H groups in total. The van der Waals surface area contributed by atoms with Crippen LogP contribution in [0, 0.1) is 16.1 Å². The number of aromatic amines is 3. The number of aromatic nitrogens is 10. The van der Waals surface area contributed by atoms with E-state index in [1.165, 1.54) is 11.8 Å². The minimum absolute atomic E-state index is 0. The fourth-order valence-electron chi connectivity index (χ4n) is 7.29. The number of nitrogens with zero attached hydrogens (tertiary/aromatic N) is 8. The molecule has 0 aliphatic heterocycles. The molecule has 0 amide bonds. The van der Waals surface area contributed by atoms with E-state index < -0.39 is 0 Å². The van der Waals surface area contributed by atoms with Crippen molar-refractivity contribution in [1.82, 2.24) is 49.5 Å². The molecule has 85 heavy (non-hydrogen) atoms. The molecular weight excluding hydrogens is 1260 g/mol. The van der Waals surface area contributed by atoms with E-state index in [9.17, 15) is 14.4 Å². The first-order valence-electron chi connectivity index (χ1n) is 24.2. The van der Waals surface area contributed by atoms with Gasteiger partial charge in [0.25, 0.3) is 17.6 Å². The number of benzene rings is 5. The summed E-state index contributed by atoms with van der Waals surface area (Å²) in [6.07, 6.45) is 0. The Labute approximate surface area is 600 Å². The normalized spacial score (nSPS) is 9.85. The number of carbonyl (C=O) groups excluding carboxylic acids is 2. The van der Waals surface area contributed by atoms with Gasteiger partial charge in [-0.15, -0.1) is 56.1 Å². The number of esters is 1. The molecule has 0 aliphatic carbocycles. The van der Waals surface area contributed by atoms with Crippen molar-refractivity contribution in [2.75, 3.05) is 32.4 Å². The summed E-state index contributed by atoms with van der Waals surface area (Å²) in [7, 11) is 3.29. The first kappa shape index (κ1) is 71.8. The van der Waals surface area contributed by atoms with E-state index >= 15 is 0 Å². The van der Waals surface area contributed by atoms with Gasteiger partial charge in [-0.3, -0.25) is 28.6 Å². The molecule has 0 radical (unpaired) electrons. The molecular formula is C56H50Cl2K2N12O9S4. The number of thiophene rings is 2. The molecule has 21 nitrogen and oxygen atoms in total. The summed E-state index contributed by atoms with van der Waals surface area (Å²) in [5.41, 5.74) is 9.24. The molecule has 0 unspecified atom stereocenters. The third-order valence-electron chi connectivity index (χ3n) is 10.8. The van der Waals surface area contributed by atoms with Crippen molar-refractivity contribution in [3.63, 3.8) is 0 Å². The van der Waals surface area contributed by atoms with Gasteiger partial charge in [0.2, 0.25) is 0 Å². The number of hydrogen-bond donors (Lipinski definition) is 4.